The van der Waals surface area contributed by atoms with Gasteiger partial charge < -0.3 is 0 Å². The van der Waals surface area contributed by atoms with Gasteiger partial charge in [0.1, 0.15) is 0 Å². The third-order valence-corrected chi connectivity index (χ3v) is 5.07. The zero-order valence-corrected chi connectivity index (χ0v) is 10.9. The lowest BCUT2D eigenvalue weighted by atomic mass is 9.41. The zero-order valence-electron chi connectivity index (χ0n) is 8.73. The largest absolute Gasteiger partial charge is 0.0788 e. The predicted molar refractivity (Wildman–Crippen MR) is 68.2 cm³/mol. The molecular weight excluding hydrogens is 283 g/mol. The molecule has 0 amide bonds. The lowest BCUT2D eigenvalue weighted by Crippen LogP contribution is -2.66. The van der Waals surface area contributed by atoms with Crippen LogP contribution in [0.25, 0.3) is 0 Å². The van der Waals surface area contributed by atoms with Crippen molar-refractivity contribution in [3.8, 4) is 0 Å². The smallest absolute Gasteiger partial charge is 0.0247 e. The summed E-state index contributed by atoms with van der Waals surface area (Å²) in [5, 5.41) is 0. The molecule has 14 heavy (non-hydrogen) atoms. The number of alkyl halides is 1. The molecular formula is C13H15I. The van der Waals surface area contributed by atoms with Crippen LogP contribution in [-0.2, 0) is 5.41 Å². The zero-order chi connectivity index (χ0) is 9.97. The fourth-order valence-corrected chi connectivity index (χ4v) is 5.45. The molecule has 0 N–H and O–H groups in total. The van der Waals surface area contributed by atoms with E-state index in [1.54, 1.807) is 5.56 Å². The first-order valence-electron chi connectivity index (χ1n) is 5.30. The van der Waals surface area contributed by atoms with Crippen LogP contribution in [0.5, 0.6) is 0 Å². The summed E-state index contributed by atoms with van der Waals surface area (Å²) < 4.78 is 0.688. The highest BCUT2D eigenvalue weighted by Crippen LogP contribution is 2.72. The molecule has 0 aromatic heterocycles. The van der Waals surface area contributed by atoms with Crippen LogP contribution in [0.2, 0.25) is 0 Å². The van der Waals surface area contributed by atoms with Gasteiger partial charge in [-0.1, -0.05) is 46.4 Å². The van der Waals surface area contributed by atoms with Crippen LogP contribution < -0.4 is 0 Å². The van der Waals surface area contributed by atoms with E-state index in [2.05, 4.69) is 54.6 Å². The maximum atomic E-state index is 2.65. The summed E-state index contributed by atoms with van der Waals surface area (Å²) in [5.41, 5.74) is 5.14. The molecule has 1 aromatic carbocycles. The first-order valence-corrected chi connectivity index (χ1v) is 6.38. The Morgan fingerprint density at radius 3 is 2.36 bits per heavy atom. The van der Waals surface area contributed by atoms with Gasteiger partial charge in [0, 0.05) is 3.42 Å². The molecule has 0 unspecified atom stereocenters. The van der Waals surface area contributed by atoms with Crippen molar-refractivity contribution >= 4 is 22.6 Å². The maximum absolute atomic E-state index is 2.65. The Bertz CT molecular complexity index is 386. The minimum atomic E-state index is 0.595. The van der Waals surface area contributed by atoms with E-state index in [-0.39, 0.29) is 0 Å². The van der Waals surface area contributed by atoms with Crippen molar-refractivity contribution in [2.75, 3.05) is 0 Å². The van der Waals surface area contributed by atoms with E-state index >= 15 is 0 Å². The first-order chi connectivity index (χ1) is 6.53. The van der Waals surface area contributed by atoms with Crippen molar-refractivity contribution in [2.24, 2.45) is 0 Å². The van der Waals surface area contributed by atoms with Crippen LogP contribution in [0.3, 0.4) is 0 Å². The van der Waals surface area contributed by atoms with Gasteiger partial charge in [-0.3, -0.25) is 0 Å². The second-order valence-corrected chi connectivity index (χ2v) is 7.57. The molecule has 2 bridgehead atoms. The molecule has 0 saturated heterocycles. The molecule has 0 radical (unpaired) electrons. The van der Waals surface area contributed by atoms with E-state index in [1.807, 2.05) is 0 Å². The molecule has 3 aliphatic carbocycles. The Morgan fingerprint density at radius 2 is 1.79 bits per heavy atom. The fraction of sp³-hybridized carbons (Fsp3) is 0.538. The van der Waals surface area contributed by atoms with Crippen molar-refractivity contribution in [2.45, 2.75) is 41.9 Å². The van der Waals surface area contributed by atoms with Gasteiger partial charge >= 0.3 is 0 Å². The van der Waals surface area contributed by atoms with Crippen molar-refractivity contribution in [3.05, 3.63) is 34.9 Å². The molecule has 3 aliphatic rings. The summed E-state index contributed by atoms with van der Waals surface area (Å²) in [4.78, 5) is 0. The highest BCUT2D eigenvalue weighted by atomic mass is 127. The van der Waals surface area contributed by atoms with Gasteiger partial charge in [-0.15, -0.1) is 0 Å². The summed E-state index contributed by atoms with van der Waals surface area (Å²) in [6.45, 7) is 4.46. The second kappa shape index (κ2) is 2.55. The van der Waals surface area contributed by atoms with Crippen LogP contribution in [0.1, 0.15) is 36.0 Å². The van der Waals surface area contributed by atoms with E-state index in [4.69, 9.17) is 0 Å². The molecule has 0 spiro atoms. The summed E-state index contributed by atoms with van der Waals surface area (Å²) in [6.07, 6.45) is 4.26. The second-order valence-electron chi connectivity index (χ2n) is 5.28. The Morgan fingerprint density at radius 1 is 1.14 bits per heavy atom. The molecule has 0 aliphatic heterocycles. The van der Waals surface area contributed by atoms with E-state index in [1.165, 1.54) is 30.4 Å². The van der Waals surface area contributed by atoms with Crippen molar-refractivity contribution in [1.29, 1.82) is 0 Å². The molecule has 1 aromatic rings. The van der Waals surface area contributed by atoms with Gasteiger partial charge in [0.05, 0.1) is 0 Å². The Hall–Kier alpha value is -0.0500. The molecule has 3 fully saturated rings. The maximum Gasteiger partial charge on any atom is 0.0247 e. The summed E-state index contributed by atoms with van der Waals surface area (Å²) >= 11 is 2.65. The molecule has 4 rings (SSSR count). The van der Waals surface area contributed by atoms with Crippen LogP contribution in [-0.4, -0.2) is 3.42 Å². The number of hydrogen-bond acceptors (Lipinski definition) is 0. The minimum absolute atomic E-state index is 0.595. The quantitative estimate of drug-likeness (QED) is 0.544. The van der Waals surface area contributed by atoms with Crippen LogP contribution in [0.15, 0.2) is 18.2 Å². The standard InChI is InChI=1S/C13H15I/c1-9-3-4-10(2)11(5-9)12-6-13(14,7-12)8-12/h3-5H,6-8H2,1-2H3. The molecule has 0 atom stereocenters. The number of aryl methyl sites for hydroxylation is 2. The van der Waals surface area contributed by atoms with Gasteiger partial charge in [-0.2, -0.15) is 0 Å². The SMILES string of the molecule is Cc1ccc(C)c(C23CC(I)(C2)C3)c1. The van der Waals surface area contributed by atoms with Gasteiger partial charge in [0.15, 0.2) is 0 Å². The molecule has 1 heteroatoms. The van der Waals surface area contributed by atoms with E-state index < -0.39 is 0 Å². The van der Waals surface area contributed by atoms with Gasteiger partial charge in [0.2, 0.25) is 0 Å². The van der Waals surface area contributed by atoms with Gasteiger partial charge in [-0.05, 0) is 49.7 Å². The summed E-state index contributed by atoms with van der Waals surface area (Å²) in [6, 6.07) is 6.92. The van der Waals surface area contributed by atoms with E-state index in [9.17, 15) is 0 Å². The summed E-state index contributed by atoms with van der Waals surface area (Å²) in [7, 11) is 0. The van der Waals surface area contributed by atoms with Crippen LogP contribution >= 0.6 is 22.6 Å². The van der Waals surface area contributed by atoms with E-state index in [0.717, 1.165) is 0 Å². The lowest BCUT2D eigenvalue weighted by molar-refractivity contribution is 0.0214. The highest BCUT2D eigenvalue weighted by molar-refractivity contribution is 14.1. The Balaban J connectivity index is 2.01. The molecule has 0 nitrogen and oxygen atoms in total. The monoisotopic (exact) mass is 298 g/mol. The highest BCUT2D eigenvalue weighted by Gasteiger charge is 2.67. The number of benzene rings is 1. The van der Waals surface area contributed by atoms with Crippen LogP contribution in [0, 0.1) is 13.8 Å². The fourth-order valence-electron chi connectivity index (χ4n) is 3.26. The Labute approximate surface area is 99.2 Å². The summed E-state index contributed by atoms with van der Waals surface area (Å²) in [5.74, 6) is 0. The van der Waals surface area contributed by atoms with Crippen molar-refractivity contribution < 1.29 is 0 Å². The Kier molecular flexibility index (Phi) is 1.67. The van der Waals surface area contributed by atoms with E-state index in [0.29, 0.717) is 8.84 Å². The first kappa shape index (κ1) is 9.20. The molecule has 3 saturated carbocycles. The lowest BCUT2D eigenvalue weighted by Gasteiger charge is -2.69. The third-order valence-electron chi connectivity index (χ3n) is 3.93. The predicted octanol–water partition coefficient (Wildman–Crippen LogP) is 3.91. The average Bonchev–Trinajstić information content (AvgIpc) is 2.02. The number of hydrogen-bond donors (Lipinski definition) is 0. The molecule has 0 heterocycles. The number of rotatable bonds is 1. The minimum Gasteiger partial charge on any atom is -0.0788 e. The molecule has 74 valence electrons. The van der Waals surface area contributed by atoms with Crippen molar-refractivity contribution in [1.82, 2.24) is 0 Å². The normalized spacial score (nSPS) is 38.8. The van der Waals surface area contributed by atoms with Crippen LogP contribution in [0.4, 0.5) is 0 Å². The third kappa shape index (κ3) is 1.05. The average molecular weight is 298 g/mol. The van der Waals surface area contributed by atoms with Crippen molar-refractivity contribution in [3.63, 3.8) is 0 Å². The van der Waals surface area contributed by atoms with Gasteiger partial charge in [0.25, 0.3) is 0 Å². The number of halogens is 1. The van der Waals surface area contributed by atoms with Gasteiger partial charge in [-0.25, -0.2) is 0 Å². The topological polar surface area (TPSA) is 0 Å².